The van der Waals surface area contributed by atoms with Gasteiger partial charge in [0.1, 0.15) is 17.2 Å². The third-order valence-corrected chi connectivity index (χ3v) is 8.64. The molecule has 198 valence electrons. The molecule has 2 amide bonds. The Balaban J connectivity index is 1.38. The van der Waals surface area contributed by atoms with Crippen molar-refractivity contribution in [2.75, 3.05) is 11.9 Å². The molecular formula is C30H33N3O4S. The second kappa shape index (κ2) is 11.1. The molecule has 1 aliphatic carbocycles. The number of aromatic nitrogens is 1. The molecule has 1 saturated heterocycles. The van der Waals surface area contributed by atoms with Crippen LogP contribution in [0.3, 0.4) is 0 Å². The van der Waals surface area contributed by atoms with Crippen LogP contribution in [0.15, 0.2) is 60.7 Å². The average Bonchev–Trinajstić information content (AvgIpc) is 3.48. The maximum absolute atomic E-state index is 13.8. The Bertz CT molecular complexity index is 1300. The predicted octanol–water partition coefficient (Wildman–Crippen LogP) is 5.92. The number of anilines is 1. The Morgan fingerprint density at radius 2 is 1.66 bits per heavy atom. The van der Waals surface area contributed by atoms with Crippen molar-refractivity contribution in [3.05, 3.63) is 60.7 Å². The molecule has 1 unspecified atom stereocenters. The summed E-state index contributed by atoms with van der Waals surface area (Å²) in [5.41, 5.74) is 1.20. The van der Waals surface area contributed by atoms with Crippen LogP contribution in [0.2, 0.25) is 0 Å². The van der Waals surface area contributed by atoms with Gasteiger partial charge in [0.2, 0.25) is 11.8 Å². The zero-order chi connectivity index (χ0) is 26.7. The van der Waals surface area contributed by atoms with E-state index in [1.54, 1.807) is 4.90 Å². The minimum absolute atomic E-state index is 0.0777. The predicted molar refractivity (Wildman–Crippen MR) is 148 cm³/mol. The second-order valence-electron chi connectivity index (χ2n) is 10.4. The molecule has 1 N–H and O–H groups in total. The smallest absolute Gasteiger partial charge is 0.307 e. The fraction of sp³-hybridized carbons (Fsp3) is 0.400. The van der Waals surface area contributed by atoms with E-state index in [9.17, 15) is 14.4 Å². The van der Waals surface area contributed by atoms with E-state index in [4.69, 9.17) is 9.72 Å². The van der Waals surface area contributed by atoms with Gasteiger partial charge in [-0.05, 0) is 45.1 Å². The maximum atomic E-state index is 13.8. The van der Waals surface area contributed by atoms with Gasteiger partial charge < -0.3 is 15.0 Å². The second-order valence-corrected chi connectivity index (χ2v) is 11.4. The summed E-state index contributed by atoms with van der Waals surface area (Å²) >= 11 is 1.51. The van der Waals surface area contributed by atoms with Crippen molar-refractivity contribution in [3.8, 4) is 21.0 Å². The molecule has 1 aromatic heterocycles. The van der Waals surface area contributed by atoms with Gasteiger partial charge in [0.15, 0.2) is 5.82 Å². The van der Waals surface area contributed by atoms with Gasteiger partial charge in [0.25, 0.3) is 0 Å². The molecule has 38 heavy (non-hydrogen) atoms. The van der Waals surface area contributed by atoms with E-state index in [2.05, 4.69) is 5.32 Å². The van der Waals surface area contributed by atoms with Crippen molar-refractivity contribution < 1.29 is 19.1 Å². The average molecular weight is 532 g/mol. The standard InChI is InChI=1S/C30H33N3O4S/c1-20(2)33(29(36)23-18-25(35)37-30(23)16-10-5-11-17-30)19-24(34)31-27-26(21-12-6-3-7-13-21)38-28(32-27)22-14-8-4-9-15-22/h3-4,6-9,12-15,20,23H,5,10-11,16-19H2,1-2H3,(H,31,34). The normalized spacial score (nSPS) is 18.4. The molecule has 1 saturated carbocycles. The number of nitrogens with zero attached hydrogens (tertiary/aromatic N) is 2. The van der Waals surface area contributed by atoms with Crippen LogP contribution in [0, 0.1) is 5.92 Å². The molecule has 2 aromatic carbocycles. The van der Waals surface area contributed by atoms with E-state index in [0.29, 0.717) is 18.7 Å². The Hall–Kier alpha value is -3.52. The van der Waals surface area contributed by atoms with Gasteiger partial charge >= 0.3 is 5.97 Å². The Labute approximate surface area is 227 Å². The summed E-state index contributed by atoms with van der Waals surface area (Å²) in [5.74, 6) is -0.896. The molecule has 0 radical (unpaired) electrons. The maximum Gasteiger partial charge on any atom is 0.307 e. The number of carbonyl (C=O) groups excluding carboxylic acids is 3. The molecule has 1 atom stereocenters. The lowest BCUT2D eigenvalue weighted by atomic mass is 9.75. The van der Waals surface area contributed by atoms with Gasteiger partial charge in [-0.15, -0.1) is 11.3 Å². The van der Waals surface area contributed by atoms with Crippen LogP contribution in [0.5, 0.6) is 0 Å². The third-order valence-electron chi connectivity index (χ3n) is 7.48. The molecule has 1 aliphatic heterocycles. The highest BCUT2D eigenvalue weighted by molar-refractivity contribution is 7.19. The molecule has 2 fully saturated rings. The number of esters is 1. The van der Waals surface area contributed by atoms with E-state index in [1.165, 1.54) is 11.3 Å². The molecule has 2 aliphatic rings. The van der Waals surface area contributed by atoms with Crippen molar-refractivity contribution in [2.45, 2.75) is 64.0 Å². The molecule has 1 spiro atoms. The molecule has 2 heterocycles. The topological polar surface area (TPSA) is 88.6 Å². The molecule has 5 rings (SSSR count). The van der Waals surface area contributed by atoms with Crippen molar-refractivity contribution in [3.63, 3.8) is 0 Å². The van der Waals surface area contributed by atoms with E-state index >= 15 is 0 Å². The van der Waals surface area contributed by atoms with Gasteiger partial charge in [0.05, 0.1) is 17.2 Å². The number of nitrogens with one attached hydrogen (secondary N) is 1. The quantitative estimate of drug-likeness (QED) is 0.383. The molecule has 3 aromatic rings. The number of ether oxygens (including phenoxy) is 1. The monoisotopic (exact) mass is 531 g/mol. The third kappa shape index (κ3) is 5.36. The first-order valence-corrected chi connectivity index (χ1v) is 14.1. The highest BCUT2D eigenvalue weighted by Crippen LogP contribution is 2.45. The lowest BCUT2D eigenvalue weighted by molar-refractivity contribution is -0.156. The summed E-state index contributed by atoms with van der Waals surface area (Å²) < 4.78 is 5.77. The number of amides is 2. The lowest BCUT2D eigenvalue weighted by Crippen LogP contribution is -2.51. The molecular weight excluding hydrogens is 498 g/mol. The van der Waals surface area contributed by atoms with Crippen LogP contribution in [0.25, 0.3) is 21.0 Å². The van der Waals surface area contributed by atoms with Crippen molar-refractivity contribution >= 4 is 34.9 Å². The summed E-state index contributed by atoms with van der Waals surface area (Å²) in [5, 5.41) is 3.78. The number of carbonyl (C=O) groups is 3. The number of hydrogen-bond acceptors (Lipinski definition) is 6. The number of thiazole rings is 1. The first-order valence-electron chi connectivity index (χ1n) is 13.3. The van der Waals surface area contributed by atoms with Crippen molar-refractivity contribution in [1.82, 2.24) is 9.88 Å². The van der Waals surface area contributed by atoms with Crippen LogP contribution in [-0.2, 0) is 19.1 Å². The highest BCUT2D eigenvalue weighted by atomic mass is 32.1. The van der Waals surface area contributed by atoms with Crippen LogP contribution >= 0.6 is 11.3 Å². The molecule has 8 heteroatoms. The minimum Gasteiger partial charge on any atom is -0.458 e. The Kier molecular flexibility index (Phi) is 7.61. The van der Waals surface area contributed by atoms with Crippen LogP contribution in [-0.4, -0.2) is 45.9 Å². The number of rotatable bonds is 7. The Morgan fingerprint density at radius 1 is 1.03 bits per heavy atom. The zero-order valence-corrected chi connectivity index (χ0v) is 22.6. The fourth-order valence-corrected chi connectivity index (χ4v) is 6.57. The van der Waals surface area contributed by atoms with Crippen molar-refractivity contribution in [2.24, 2.45) is 5.92 Å². The first-order chi connectivity index (χ1) is 18.4. The summed E-state index contributed by atoms with van der Waals surface area (Å²) in [6.07, 6.45) is 4.45. The van der Waals surface area contributed by atoms with Crippen LogP contribution in [0.4, 0.5) is 5.82 Å². The van der Waals surface area contributed by atoms with Crippen molar-refractivity contribution in [1.29, 1.82) is 0 Å². The SMILES string of the molecule is CC(C)N(CC(=O)Nc1nc(-c2ccccc2)sc1-c1ccccc1)C(=O)C1CC(=O)OC12CCCCC2. The van der Waals surface area contributed by atoms with Crippen LogP contribution < -0.4 is 5.32 Å². The Morgan fingerprint density at radius 3 is 2.29 bits per heavy atom. The van der Waals surface area contributed by atoms with Crippen LogP contribution in [0.1, 0.15) is 52.4 Å². The lowest BCUT2D eigenvalue weighted by Gasteiger charge is -2.38. The number of benzene rings is 2. The van der Waals surface area contributed by atoms with E-state index in [0.717, 1.165) is 40.3 Å². The minimum atomic E-state index is -0.726. The largest absolute Gasteiger partial charge is 0.458 e. The van der Waals surface area contributed by atoms with Gasteiger partial charge in [-0.25, -0.2) is 4.98 Å². The van der Waals surface area contributed by atoms with E-state index in [1.807, 2.05) is 74.5 Å². The summed E-state index contributed by atoms with van der Waals surface area (Å²) in [4.78, 5) is 46.6. The van der Waals surface area contributed by atoms with Gasteiger partial charge in [-0.3, -0.25) is 14.4 Å². The molecule has 0 bridgehead atoms. The fourth-order valence-electron chi connectivity index (χ4n) is 5.54. The van der Waals surface area contributed by atoms with Gasteiger partial charge in [-0.2, -0.15) is 0 Å². The zero-order valence-electron chi connectivity index (χ0n) is 21.8. The van der Waals surface area contributed by atoms with E-state index in [-0.39, 0.29) is 36.8 Å². The molecule has 7 nitrogen and oxygen atoms in total. The first kappa shape index (κ1) is 26.1. The highest BCUT2D eigenvalue weighted by Gasteiger charge is 2.54. The number of hydrogen-bond donors (Lipinski definition) is 1. The van der Waals surface area contributed by atoms with Gasteiger partial charge in [-0.1, -0.05) is 67.1 Å². The summed E-state index contributed by atoms with van der Waals surface area (Å²) in [6, 6.07) is 19.5. The summed E-state index contributed by atoms with van der Waals surface area (Å²) in [7, 11) is 0. The van der Waals surface area contributed by atoms with E-state index < -0.39 is 11.5 Å². The summed E-state index contributed by atoms with van der Waals surface area (Å²) in [6.45, 7) is 3.66. The van der Waals surface area contributed by atoms with Gasteiger partial charge in [0, 0.05) is 11.6 Å².